The Morgan fingerprint density at radius 1 is 0.765 bits per heavy atom. The summed E-state index contributed by atoms with van der Waals surface area (Å²) in [6.45, 7) is 11.7. The van der Waals surface area contributed by atoms with Crippen molar-refractivity contribution >= 4 is 0 Å². The predicted molar refractivity (Wildman–Crippen MR) is 73.1 cm³/mol. The summed E-state index contributed by atoms with van der Waals surface area (Å²) >= 11 is 0. The molecule has 0 aliphatic carbocycles. The predicted octanol–water partition coefficient (Wildman–Crippen LogP) is 4.74. The molecule has 17 heavy (non-hydrogen) atoms. The molecule has 0 fully saturated rings. The van der Waals surface area contributed by atoms with E-state index >= 15 is 0 Å². The Morgan fingerprint density at radius 2 is 1.00 bits per heavy atom. The third-order valence-electron chi connectivity index (χ3n) is 2.05. The number of rotatable bonds is 1. The third-order valence-corrected chi connectivity index (χ3v) is 2.05. The van der Waals surface area contributed by atoms with E-state index in [1.54, 1.807) is 0 Å². The first kappa shape index (κ1) is 18.8. The van der Waals surface area contributed by atoms with Gasteiger partial charge in [0, 0.05) is 0 Å². The van der Waals surface area contributed by atoms with E-state index < -0.39 is 0 Å². The van der Waals surface area contributed by atoms with Crippen molar-refractivity contribution in [2.24, 2.45) is 11.8 Å². The van der Waals surface area contributed by atoms with E-state index in [0.29, 0.717) is 11.8 Å². The fourth-order valence-electron chi connectivity index (χ4n) is 0.642. The van der Waals surface area contributed by atoms with Gasteiger partial charge in [-0.25, -0.2) is 24.3 Å². The minimum atomic E-state index is 0. The minimum absolute atomic E-state index is 0. The van der Waals surface area contributed by atoms with Crippen LogP contribution in [0.25, 0.3) is 0 Å². The molecule has 0 atom stereocenters. The average Bonchev–Trinajstić information content (AvgIpc) is 2.97. The van der Waals surface area contributed by atoms with E-state index in [-0.39, 0.29) is 21.7 Å². The largest absolute Gasteiger partial charge is 4.00 e. The molecular weight excluding hydrogens is 240 g/mol. The summed E-state index contributed by atoms with van der Waals surface area (Å²) in [4.78, 5) is 0. The van der Waals surface area contributed by atoms with Crippen molar-refractivity contribution in [1.29, 1.82) is 0 Å². The molecule has 0 amide bonds. The number of hydrogen-bond donors (Lipinski definition) is 0. The van der Waals surface area contributed by atoms with E-state index in [2.05, 4.69) is 27.7 Å². The molecule has 1 heteroatoms. The summed E-state index contributed by atoms with van der Waals surface area (Å²) < 4.78 is 0. The van der Waals surface area contributed by atoms with Crippen LogP contribution in [0.3, 0.4) is 0 Å². The molecule has 0 heterocycles. The second-order valence-corrected chi connectivity index (χ2v) is 3.93. The summed E-state index contributed by atoms with van der Waals surface area (Å²) in [6.07, 6.45) is 0. The van der Waals surface area contributed by atoms with Crippen LogP contribution in [0.1, 0.15) is 13.8 Å². The van der Waals surface area contributed by atoms with Gasteiger partial charge in [0.15, 0.2) is 0 Å². The Balaban J connectivity index is 0. The van der Waals surface area contributed by atoms with Crippen LogP contribution in [0.2, 0.25) is 0 Å². The molecule has 0 N–H and O–H groups in total. The Morgan fingerprint density at radius 3 is 1.06 bits per heavy atom. The monoisotopic (exact) mass is 262 g/mol. The van der Waals surface area contributed by atoms with Gasteiger partial charge in [-0.2, -0.15) is 36.4 Å². The van der Waals surface area contributed by atoms with Crippen LogP contribution in [0.15, 0.2) is 60.7 Å². The molecule has 0 aliphatic heterocycles. The maximum Gasteiger partial charge on any atom is 4.00 e. The Bertz CT molecular complexity index is 210. The van der Waals surface area contributed by atoms with E-state index in [1.807, 2.05) is 60.7 Å². The van der Waals surface area contributed by atoms with E-state index in [0.717, 1.165) is 0 Å². The Kier molecular flexibility index (Phi) is 14.9. The average molecular weight is 262 g/mol. The van der Waals surface area contributed by atoms with Crippen LogP contribution in [0, 0.1) is 25.7 Å². The van der Waals surface area contributed by atoms with Gasteiger partial charge in [0.1, 0.15) is 0 Å². The fourth-order valence-corrected chi connectivity index (χ4v) is 0.642. The zero-order valence-corrected chi connectivity index (χ0v) is 12.4. The van der Waals surface area contributed by atoms with Gasteiger partial charge in [0.2, 0.25) is 0 Å². The topological polar surface area (TPSA) is 0 Å². The summed E-state index contributed by atoms with van der Waals surface area (Å²) in [6, 6.07) is 20.0. The third kappa shape index (κ3) is 15.4. The second kappa shape index (κ2) is 13.5. The first-order valence-corrected chi connectivity index (χ1v) is 5.64. The molecular formula is C16H22Ti. The smallest absolute Gasteiger partial charge is 0.369 e. The molecule has 90 valence electrons. The van der Waals surface area contributed by atoms with Gasteiger partial charge in [-0.1, -0.05) is 19.8 Å². The van der Waals surface area contributed by atoms with Gasteiger partial charge < -0.3 is 19.8 Å². The molecule has 0 aromatic heterocycles. The van der Waals surface area contributed by atoms with Gasteiger partial charge in [0.05, 0.1) is 0 Å². The fraction of sp³-hybridized carbons (Fsp3) is 0.250. The van der Waals surface area contributed by atoms with Crippen LogP contribution in [-0.4, -0.2) is 0 Å². The summed E-state index contributed by atoms with van der Waals surface area (Å²) in [7, 11) is 0. The van der Waals surface area contributed by atoms with Crippen LogP contribution in [0.5, 0.6) is 0 Å². The molecule has 2 rings (SSSR count). The van der Waals surface area contributed by atoms with Gasteiger partial charge >= 0.3 is 21.7 Å². The SMILES string of the molecule is [CH2-]C([CH2-])C(C)C.[Ti+4].c1cc[cH-]c1.c1cc[cH-]c1. The molecule has 0 bridgehead atoms. The van der Waals surface area contributed by atoms with Crippen molar-refractivity contribution in [2.75, 3.05) is 0 Å². The normalized spacial score (nSPS) is 8.59. The quantitative estimate of drug-likeness (QED) is 0.514. The molecule has 2 aromatic carbocycles. The maximum absolute atomic E-state index is 3.73. The van der Waals surface area contributed by atoms with Crippen LogP contribution in [0.4, 0.5) is 0 Å². The standard InChI is InChI=1S/C6H12.2C5H5.Ti/c1-5(2)6(3)4;2*1-2-4-5-3-1;/h5-6H,1-2H2,3-4H3;2*1-5H;/q-2;2*-1;+4. The van der Waals surface area contributed by atoms with Crippen molar-refractivity contribution in [3.8, 4) is 0 Å². The summed E-state index contributed by atoms with van der Waals surface area (Å²) in [5.41, 5.74) is 0. The second-order valence-electron chi connectivity index (χ2n) is 3.93. The van der Waals surface area contributed by atoms with Gasteiger partial charge in [-0.15, -0.1) is 0 Å². The molecule has 0 spiro atoms. The maximum atomic E-state index is 3.73. The van der Waals surface area contributed by atoms with E-state index in [4.69, 9.17) is 0 Å². The molecule has 2 aromatic rings. The van der Waals surface area contributed by atoms with Crippen molar-refractivity contribution < 1.29 is 21.7 Å². The van der Waals surface area contributed by atoms with Crippen molar-refractivity contribution in [2.45, 2.75) is 13.8 Å². The van der Waals surface area contributed by atoms with Gasteiger partial charge in [-0.3, -0.25) is 0 Å². The van der Waals surface area contributed by atoms with Crippen LogP contribution in [-0.2, 0) is 21.7 Å². The van der Waals surface area contributed by atoms with Crippen molar-refractivity contribution in [3.05, 3.63) is 74.5 Å². The first-order valence-electron chi connectivity index (χ1n) is 5.64. The van der Waals surface area contributed by atoms with Crippen LogP contribution < -0.4 is 0 Å². The molecule has 0 saturated carbocycles. The molecule has 0 saturated heterocycles. The van der Waals surface area contributed by atoms with E-state index in [1.165, 1.54) is 0 Å². The van der Waals surface area contributed by atoms with Crippen molar-refractivity contribution in [3.63, 3.8) is 0 Å². The van der Waals surface area contributed by atoms with Gasteiger partial charge in [-0.05, 0) is 0 Å². The minimum Gasteiger partial charge on any atom is -0.369 e. The van der Waals surface area contributed by atoms with Crippen LogP contribution >= 0.6 is 0 Å². The molecule has 0 unspecified atom stereocenters. The zero-order chi connectivity index (χ0) is 12.2. The zero-order valence-electron chi connectivity index (χ0n) is 10.8. The summed E-state index contributed by atoms with van der Waals surface area (Å²) in [5.74, 6) is 0.981. The number of hydrogen-bond acceptors (Lipinski definition) is 0. The molecule has 0 aliphatic rings. The Labute approximate surface area is 122 Å². The van der Waals surface area contributed by atoms with Gasteiger partial charge in [0.25, 0.3) is 0 Å². The molecule has 0 radical (unpaired) electrons. The molecule has 0 nitrogen and oxygen atoms in total. The Hall–Kier alpha value is -0.586. The first-order chi connectivity index (χ1) is 7.64. The van der Waals surface area contributed by atoms with Crippen molar-refractivity contribution in [1.82, 2.24) is 0 Å². The van der Waals surface area contributed by atoms with E-state index in [9.17, 15) is 0 Å². The summed E-state index contributed by atoms with van der Waals surface area (Å²) in [5, 5.41) is 0.